The number of ether oxygens (including phenoxy) is 1. The summed E-state index contributed by atoms with van der Waals surface area (Å²) in [5.74, 6) is -0.163. The number of hydrogen-bond acceptors (Lipinski definition) is 3. The van der Waals surface area contributed by atoms with Gasteiger partial charge < -0.3 is 10.1 Å². The molecule has 2 rings (SSSR count). The van der Waals surface area contributed by atoms with E-state index in [2.05, 4.69) is 26.2 Å². The van der Waals surface area contributed by atoms with Crippen LogP contribution in [0.15, 0.2) is 35.1 Å². The van der Waals surface area contributed by atoms with Crippen molar-refractivity contribution in [1.29, 1.82) is 0 Å². The topological polar surface area (TPSA) is 51.2 Å². The first kappa shape index (κ1) is 14.0. The Morgan fingerprint density at radius 2 is 2.21 bits per heavy atom. The highest BCUT2D eigenvalue weighted by molar-refractivity contribution is 9.10. The predicted octanol–water partition coefficient (Wildman–Crippen LogP) is 3.36. The molecular formula is C14H15BrN2O2. The van der Waals surface area contributed by atoms with Crippen molar-refractivity contribution in [2.75, 3.05) is 12.4 Å². The maximum Gasteiger partial charge on any atom is 0.253 e. The third-order valence-electron chi connectivity index (χ3n) is 2.95. The first-order valence-electron chi connectivity index (χ1n) is 6.04. The van der Waals surface area contributed by atoms with Crippen LogP contribution in [0.2, 0.25) is 0 Å². The lowest BCUT2D eigenvalue weighted by molar-refractivity contribution is -0.125. The summed E-state index contributed by atoms with van der Waals surface area (Å²) in [4.78, 5) is 16.3. The summed E-state index contributed by atoms with van der Waals surface area (Å²) in [6.45, 7) is 1.91. The molecule has 0 saturated heterocycles. The first-order chi connectivity index (χ1) is 9.17. The zero-order chi connectivity index (χ0) is 13.8. The SMILES string of the molecule is CCC(OC)C(=O)Nc1c(Br)ncc2ccccc12. The van der Waals surface area contributed by atoms with Gasteiger partial charge in [0.2, 0.25) is 0 Å². The summed E-state index contributed by atoms with van der Waals surface area (Å²) in [5.41, 5.74) is 0.679. The Kier molecular flexibility index (Phi) is 4.50. The number of nitrogens with zero attached hydrogens (tertiary/aromatic N) is 1. The van der Waals surface area contributed by atoms with Crippen LogP contribution in [0.5, 0.6) is 0 Å². The molecule has 1 aromatic carbocycles. The molecule has 0 aliphatic rings. The standard InChI is InChI=1S/C14H15BrN2O2/c1-3-11(19-2)14(18)17-12-10-7-5-4-6-9(10)8-16-13(12)15/h4-8,11H,3H2,1-2H3,(H,17,18). The number of rotatable bonds is 4. The second-order valence-corrected chi connectivity index (χ2v) is 4.88. The highest BCUT2D eigenvalue weighted by atomic mass is 79.9. The van der Waals surface area contributed by atoms with E-state index in [1.807, 2.05) is 31.2 Å². The van der Waals surface area contributed by atoms with Gasteiger partial charge in [-0.05, 0) is 22.4 Å². The van der Waals surface area contributed by atoms with Crippen LogP contribution < -0.4 is 5.32 Å². The maximum atomic E-state index is 12.1. The Balaban J connectivity index is 2.39. The van der Waals surface area contributed by atoms with E-state index in [4.69, 9.17) is 4.74 Å². The van der Waals surface area contributed by atoms with Gasteiger partial charge in [0.25, 0.3) is 5.91 Å². The van der Waals surface area contributed by atoms with E-state index in [0.29, 0.717) is 16.7 Å². The third-order valence-corrected chi connectivity index (χ3v) is 3.55. The average Bonchev–Trinajstić information content (AvgIpc) is 2.43. The van der Waals surface area contributed by atoms with E-state index in [-0.39, 0.29) is 5.91 Å². The molecule has 5 heteroatoms. The van der Waals surface area contributed by atoms with Gasteiger partial charge >= 0.3 is 0 Å². The molecule has 1 amide bonds. The molecule has 2 aromatic rings. The minimum absolute atomic E-state index is 0.163. The molecule has 0 radical (unpaired) electrons. The molecule has 0 saturated carbocycles. The Hall–Kier alpha value is -1.46. The number of halogens is 1. The molecule has 100 valence electrons. The van der Waals surface area contributed by atoms with Crippen LogP contribution in [0, 0.1) is 0 Å². The molecule has 1 unspecified atom stereocenters. The van der Waals surface area contributed by atoms with Gasteiger partial charge in [0.1, 0.15) is 10.7 Å². The average molecular weight is 323 g/mol. The molecule has 0 bridgehead atoms. The summed E-state index contributed by atoms with van der Waals surface area (Å²) < 4.78 is 5.75. The molecule has 19 heavy (non-hydrogen) atoms. The largest absolute Gasteiger partial charge is 0.372 e. The normalized spacial score (nSPS) is 12.4. The Bertz CT molecular complexity index is 597. The highest BCUT2D eigenvalue weighted by Crippen LogP contribution is 2.29. The molecule has 0 aliphatic heterocycles. The van der Waals surface area contributed by atoms with Crippen LogP contribution in [0.1, 0.15) is 13.3 Å². The molecule has 0 fully saturated rings. The lowest BCUT2D eigenvalue weighted by Gasteiger charge is -2.15. The lowest BCUT2D eigenvalue weighted by Crippen LogP contribution is -2.29. The van der Waals surface area contributed by atoms with Gasteiger partial charge in [-0.25, -0.2) is 4.98 Å². The van der Waals surface area contributed by atoms with Gasteiger partial charge in [-0.3, -0.25) is 4.79 Å². The number of carbonyl (C=O) groups excluding carboxylic acids is 1. The number of aromatic nitrogens is 1. The van der Waals surface area contributed by atoms with Gasteiger partial charge in [-0.15, -0.1) is 0 Å². The minimum atomic E-state index is -0.453. The van der Waals surface area contributed by atoms with E-state index >= 15 is 0 Å². The van der Waals surface area contributed by atoms with Crippen molar-refractivity contribution in [2.45, 2.75) is 19.4 Å². The maximum absolute atomic E-state index is 12.1. The van der Waals surface area contributed by atoms with Crippen molar-refractivity contribution in [1.82, 2.24) is 4.98 Å². The van der Waals surface area contributed by atoms with Gasteiger partial charge in [0, 0.05) is 24.1 Å². The number of nitrogens with one attached hydrogen (secondary N) is 1. The lowest BCUT2D eigenvalue weighted by atomic mass is 10.1. The first-order valence-corrected chi connectivity index (χ1v) is 6.83. The van der Waals surface area contributed by atoms with Crippen molar-refractivity contribution in [2.24, 2.45) is 0 Å². The van der Waals surface area contributed by atoms with Crippen LogP contribution in [-0.4, -0.2) is 24.1 Å². The fraction of sp³-hybridized carbons (Fsp3) is 0.286. The van der Waals surface area contributed by atoms with Crippen LogP contribution in [0.4, 0.5) is 5.69 Å². The second-order valence-electron chi connectivity index (χ2n) is 4.13. The summed E-state index contributed by atoms with van der Waals surface area (Å²) in [7, 11) is 1.53. The van der Waals surface area contributed by atoms with Crippen molar-refractivity contribution in [3.05, 3.63) is 35.1 Å². The summed E-state index contributed by atoms with van der Waals surface area (Å²) >= 11 is 3.37. The van der Waals surface area contributed by atoms with Crippen molar-refractivity contribution >= 4 is 38.3 Å². The van der Waals surface area contributed by atoms with E-state index in [1.54, 1.807) is 6.20 Å². The molecule has 1 heterocycles. The number of fused-ring (bicyclic) bond motifs is 1. The number of carbonyl (C=O) groups is 1. The van der Waals surface area contributed by atoms with Gasteiger partial charge in [0.15, 0.2) is 0 Å². The Morgan fingerprint density at radius 1 is 1.47 bits per heavy atom. The number of pyridine rings is 1. The van der Waals surface area contributed by atoms with Gasteiger partial charge in [-0.1, -0.05) is 31.2 Å². The number of benzene rings is 1. The molecule has 0 spiro atoms. The number of hydrogen-bond donors (Lipinski definition) is 1. The van der Waals surface area contributed by atoms with E-state index in [9.17, 15) is 4.79 Å². The fourth-order valence-corrected chi connectivity index (χ4v) is 2.34. The Morgan fingerprint density at radius 3 is 2.89 bits per heavy atom. The second kappa shape index (κ2) is 6.12. The van der Waals surface area contributed by atoms with Crippen molar-refractivity contribution in [3.8, 4) is 0 Å². The van der Waals surface area contributed by atoms with E-state index < -0.39 is 6.10 Å². The third kappa shape index (κ3) is 2.93. The van der Waals surface area contributed by atoms with Gasteiger partial charge in [0.05, 0.1) is 5.69 Å². The minimum Gasteiger partial charge on any atom is -0.372 e. The zero-order valence-corrected chi connectivity index (χ0v) is 12.4. The number of anilines is 1. The van der Waals surface area contributed by atoms with Crippen LogP contribution in [0.3, 0.4) is 0 Å². The van der Waals surface area contributed by atoms with Crippen molar-refractivity contribution in [3.63, 3.8) is 0 Å². The highest BCUT2D eigenvalue weighted by Gasteiger charge is 2.18. The summed E-state index contributed by atoms with van der Waals surface area (Å²) in [5, 5.41) is 4.81. The monoisotopic (exact) mass is 322 g/mol. The van der Waals surface area contributed by atoms with Crippen LogP contribution in [-0.2, 0) is 9.53 Å². The Labute approximate surface area is 120 Å². The molecule has 1 aromatic heterocycles. The molecular weight excluding hydrogens is 308 g/mol. The van der Waals surface area contributed by atoms with Crippen molar-refractivity contribution < 1.29 is 9.53 Å². The quantitative estimate of drug-likeness (QED) is 0.878. The van der Waals surface area contributed by atoms with Crippen LogP contribution >= 0.6 is 15.9 Å². The fourth-order valence-electron chi connectivity index (χ4n) is 1.92. The van der Waals surface area contributed by atoms with Gasteiger partial charge in [-0.2, -0.15) is 0 Å². The predicted molar refractivity (Wildman–Crippen MR) is 79.2 cm³/mol. The van der Waals surface area contributed by atoms with E-state index in [0.717, 1.165) is 10.8 Å². The molecule has 1 N–H and O–H groups in total. The molecule has 1 atom stereocenters. The number of methoxy groups -OCH3 is 1. The van der Waals surface area contributed by atoms with E-state index in [1.165, 1.54) is 7.11 Å². The summed E-state index contributed by atoms with van der Waals surface area (Å²) in [6, 6.07) is 7.77. The van der Waals surface area contributed by atoms with Crippen LogP contribution in [0.25, 0.3) is 10.8 Å². The smallest absolute Gasteiger partial charge is 0.253 e. The number of amides is 1. The summed E-state index contributed by atoms with van der Waals surface area (Å²) in [6.07, 6.45) is 1.94. The molecule has 0 aliphatic carbocycles. The molecule has 4 nitrogen and oxygen atoms in total. The zero-order valence-electron chi connectivity index (χ0n) is 10.8.